The van der Waals surface area contributed by atoms with Crippen LogP contribution in [0.4, 0.5) is 5.69 Å². The Kier molecular flexibility index (Phi) is 4.69. The zero-order valence-electron chi connectivity index (χ0n) is 11.7. The van der Waals surface area contributed by atoms with Gasteiger partial charge in [-0.05, 0) is 13.3 Å². The van der Waals surface area contributed by atoms with Crippen LogP contribution in [-0.2, 0) is 9.53 Å². The molecule has 0 radical (unpaired) electrons. The van der Waals surface area contributed by atoms with E-state index in [1.165, 1.54) is 13.1 Å². The van der Waals surface area contributed by atoms with Crippen molar-refractivity contribution in [2.24, 2.45) is 0 Å². The lowest BCUT2D eigenvalue weighted by Crippen LogP contribution is -2.51. The molecule has 0 saturated carbocycles. The maximum atomic E-state index is 11.7. The van der Waals surface area contributed by atoms with Gasteiger partial charge in [0.1, 0.15) is 5.56 Å². The Bertz CT molecular complexity index is 598. The molecule has 0 aliphatic carbocycles. The van der Waals surface area contributed by atoms with Crippen molar-refractivity contribution >= 4 is 17.4 Å². The van der Waals surface area contributed by atoms with Crippen molar-refractivity contribution in [3.8, 4) is 0 Å². The molecule has 2 N–H and O–H groups in total. The summed E-state index contributed by atoms with van der Waals surface area (Å²) in [6.45, 7) is 2.55. The first kappa shape index (κ1) is 15.2. The van der Waals surface area contributed by atoms with E-state index >= 15 is 0 Å². The molecule has 1 aromatic heterocycles. The van der Waals surface area contributed by atoms with Gasteiger partial charge in [-0.25, -0.2) is 5.10 Å². The highest BCUT2D eigenvalue weighted by Gasteiger charge is 2.31. The third-order valence-electron chi connectivity index (χ3n) is 3.41. The largest absolute Gasteiger partial charge is 0.481 e. The van der Waals surface area contributed by atoms with E-state index in [0.717, 1.165) is 6.42 Å². The van der Waals surface area contributed by atoms with E-state index < -0.39 is 11.5 Å². The van der Waals surface area contributed by atoms with Crippen molar-refractivity contribution in [3.05, 3.63) is 22.1 Å². The third kappa shape index (κ3) is 3.46. The van der Waals surface area contributed by atoms with E-state index in [0.29, 0.717) is 18.8 Å². The quantitative estimate of drug-likeness (QED) is 0.539. The summed E-state index contributed by atoms with van der Waals surface area (Å²) in [6.07, 6.45) is 2.27. The van der Waals surface area contributed by atoms with Crippen LogP contribution in [0.5, 0.6) is 0 Å². The third-order valence-corrected chi connectivity index (χ3v) is 3.41. The molecule has 114 valence electrons. The van der Waals surface area contributed by atoms with Crippen LogP contribution in [0.25, 0.3) is 0 Å². The van der Waals surface area contributed by atoms with Crippen LogP contribution in [0.15, 0.2) is 11.0 Å². The highest BCUT2D eigenvalue weighted by Crippen LogP contribution is 2.27. The zero-order valence-corrected chi connectivity index (χ0v) is 11.7. The van der Waals surface area contributed by atoms with Gasteiger partial charge in [0.15, 0.2) is 5.78 Å². The number of ketones is 1. The van der Waals surface area contributed by atoms with E-state index in [4.69, 9.17) is 9.84 Å². The van der Waals surface area contributed by atoms with Crippen LogP contribution < -0.4 is 10.5 Å². The van der Waals surface area contributed by atoms with E-state index in [1.807, 2.05) is 4.90 Å². The maximum absolute atomic E-state index is 11.7. The summed E-state index contributed by atoms with van der Waals surface area (Å²) in [6, 6.07) is 0.0282. The summed E-state index contributed by atoms with van der Waals surface area (Å²) < 4.78 is 5.32. The fourth-order valence-electron chi connectivity index (χ4n) is 2.26. The van der Waals surface area contributed by atoms with E-state index in [-0.39, 0.29) is 30.4 Å². The van der Waals surface area contributed by atoms with Crippen molar-refractivity contribution in [1.82, 2.24) is 10.2 Å². The second-order valence-electron chi connectivity index (χ2n) is 4.87. The van der Waals surface area contributed by atoms with Crippen LogP contribution >= 0.6 is 0 Å². The molecule has 1 aromatic rings. The van der Waals surface area contributed by atoms with Gasteiger partial charge in [0.2, 0.25) is 0 Å². The normalized spacial score (nSPS) is 17.4. The van der Waals surface area contributed by atoms with Gasteiger partial charge in [-0.1, -0.05) is 0 Å². The van der Waals surface area contributed by atoms with Crippen LogP contribution in [0.1, 0.15) is 30.1 Å². The first-order chi connectivity index (χ1) is 10.0. The topological polar surface area (TPSA) is 113 Å². The minimum Gasteiger partial charge on any atom is -0.481 e. The van der Waals surface area contributed by atoms with Crippen molar-refractivity contribution in [2.45, 2.75) is 25.8 Å². The molecule has 8 nitrogen and oxygen atoms in total. The number of aromatic amines is 1. The molecule has 0 bridgehead atoms. The Balaban J connectivity index is 2.03. The molecule has 1 aliphatic rings. The van der Waals surface area contributed by atoms with Crippen LogP contribution in [0, 0.1) is 0 Å². The van der Waals surface area contributed by atoms with Crippen LogP contribution in [0.2, 0.25) is 0 Å². The molecule has 21 heavy (non-hydrogen) atoms. The summed E-state index contributed by atoms with van der Waals surface area (Å²) in [7, 11) is 0. The summed E-state index contributed by atoms with van der Waals surface area (Å²) in [5, 5.41) is 14.5. The number of hydrogen-bond donors (Lipinski definition) is 2. The van der Waals surface area contributed by atoms with Crippen molar-refractivity contribution in [3.63, 3.8) is 0 Å². The number of carbonyl (C=O) groups is 2. The maximum Gasteiger partial charge on any atom is 0.305 e. The molecule has 0 spiro atoms. The fourth-order valence-corrected chi connectivity index (χ4v) is 2.26. The van der Waals surface area contributed by atoms with Gasteiger partial charge in [-0.3, -0.25) is 14.4 Å². The molecule has 1 saturated heterocycles. The zero-order chi connectivity index (χ0) is 15.4. The number of nitrogens with one attached hydrogen (secondary N) is 1. The Labute approximate surface area is 120 Å². The lowest BCUT2D eigenvalue weighted by Gasteiger charge is -2.42. The Morgan fingerprint density at radius 1 is 1.57 bits per heavy atom. The number of nitrogens with zero attached hydrogens (tertiary/aromatic N) is 2. The number of anilines is 1. The Morgan fingerprint density at radius 3 is 2.90 bits per heavy atom. The van der Waals surface area contributed by atoms with Gasteiger partial charge in [0.05, 0.1) is 37.6 Å². The Morgan fingerprint density at radius 2 is 2.33 bits per heavy atom. The van der Waals surface area contributed by atoms with E-state index in [2.05, 4.69) is 10.2 Å². The second kappa shape index (κ2) is 6.49. The predicted octanol–water partition coefficient (Wildman–Crippen LogP) is 0.0425. The molecule has 2 heterocycles. The fraction of sp³-hybridized carbons (Fsp3) is 0.538. The van der Waals surface area contributed by atoms with Crippen molar-refractivity contribution in [2.75, 3.05) is 24.7 Å². The molecular formula is C13H17N3O5. The van der Waals surface area contributed by atoms with E-state index in [1.54, 1.807) is 0 Å². The van der Waals surface area contributed by atoms with E-state index in [9.17, 15) is 14.4 Å². The molecular weight excluding hydrogens is 278 g/mol. The Hall–Kier alpha value is -2.22. The second-order valence-corrected chi connectivity index (χ2v) is 4.87. The van der Waals surface area contributed by atoms with Gasteiger partial charge in [-0.15, -0.1) is 0 Å². The number of H-pyrrole nitrogens is 1. The molecule has 8 heteroatoms. The van der Waals surface area contributed by atoms with Crippen LogP contribution in [-0.4, -0.2) is 52.9 Å². The number of hydrogen-bond acceptors (Lipinski definition) is 6. The first-order valence-corrected chi connectivity index (χ1v) is 6.65. The molecule has 0 aromatic carbocycles. The number of rotatable bonds is 7. The lowest BCUT2D eigenvalue weighted by atomic mass is 10.0. The van der Waals surface area contributed by atoms with Gasteiger partial charge < -0.3 is 14.7 Å². The molecule has 0 amide bonds. The summed E-state index contributed by atoms with van der Waals surface area (Å²) in [4.78, 5) is 35.6. The summed E-state index contributed by atoms with van der Waals surface area (Å²) in [5.41, 5.74) is 0.0991. The molecule has 1 fully saturated rings. The van der Waals surface area contributed by atoms with Crippen LogP contribution in [0.3, 0.4) is 0 Å². The predicted molar refractivity (Wildman–Crippen MR) is 73.7 cm³/mol. The number of carboxylic acid groups (broad SMARTS) is 1. The van der Waals surface area contributed by atoms with Gasteiger partial charge in [-0.2, -0.15) is 5.10 Å². The molecule has 1 atom stereocenters. The first-order valence-electron chi connectivity index (χ1n) is 6.65. The highest BCUT2D eigenvalue weighted by molar-refractivity contribution is 5.99. The number of carboxylic acids is 1. The average Bonchev–Trinajstić information content (AvgIpc) is 2.36. The van der Waals surface area contributed by atoms with Gasteiger partial charge in [0, 0.05) is 6.54 Å². The average molecular weight is 295 g/mol. The SMILES string of the molecule is CC(=O)c1c(N2CC[C@H]2COCCC(=O)O)cn[nH]c1=O. The lowest BCUT2D eigenvalue weighted by molar-refractivity contribution is -0.138. The molecule has 1 aliphatic heterocycles. The van der Waals surface area contributed by atoms with Crippen molar-refractivity contribution in [1.29, 1.82) is 0 Å². The number of aromatic nitrogens is 2. The number of ether oxygens (including phenoxy) is 1. The minimum absolute atomic E-state index is 0.0282. The monoisotopic (exact) mass is 295 g/mol. The molecule has 2 rings (SSSR count). The minimum atomic E-state index is -0.905. The number of carbonyl (C=O) groups excluding carboxylic acids is 1. The van der Waals surface area contributed by atoms with Crippen molar-refractivity contribution < 1.29 is 19.4 Å². The van der Waals surface area contributed by atoms with Gasteiger partial charge in [0.25, 0.3) is 5.56 Å². The number of Topliss-reactive ketones (excluding diaryl/α,β-unsaturated/α-hetero) is 1. The summed E-state index contributed by atoms with van der Waals surface area (Å²) >= 11 is 0. The standard InChI is InChI=1S/C13H17N3O5/c1-8(17)12-10(6-14-15-13(12)20)16-4-2-9(16)7-21-5-3-11(18)19/h6,9H,2-5,7H2,1H3,(H,15,20)(H,18,19)/t9-/m0/s1. The molecule has 0 unspecified atom stereocenters. The number of aliphatic carboxylic acids is 1. The summed E-state index contributed by atoms with van der Waals surface area (Å²) in [5.74, 6) is -1.22. The highest BCUT2D eigenvalue weighted by atomic mass is 16.5. The van der Waals surface area contributed by atoms with Gasteiger partial charge >= 0.3 is 5.97 Å². The smallest absolute Gasteiger partial charge is 0.305 e.